The summed E-state index contributed by atoms with van der Waals surface area (Å²) in [5, 5.41) is 6.35. The smallest absolute Gasteiger partial charge is 0.209 e. The molecule has 0 saturated heterocycles. The molecule has 0 amide bonds. The summed E-state index contributed by atoms with van der Waals surface area (Å²) in [5.41, 5.74) is -0.565. The maximum atomic E-state index is 11.2. The van der Waals surface area contributed by atoms with Crippen molar-refractivity contribution in [1.29, 1.82) is 0 Å². The molecule has 0 aromatic carbocycles. The Bertz CT molecular complexity index is 400. The van der Waals surface area contributed by atoms with Crippen LogP contribution in [0.2, 0.25) is 0 Å². The first kappa shape index (κ1) is 23.5. The molecule has 0 bridgehead atoms. The number of aliphatic imine (C=N–C) groups is 1. The molecule has 0 aliphatic heterocycles. The third-order valence-electron chi connectivity index (χ3n) is 2.45. The molecule has 6 nitrogen and oxygen atoms in total. The van der Waals surface area contributed by atoms with Gasteiger partial charge in [0.05, 0.1) is 6.26 Å². The highest BCUT2D eigenvalue weighted by Crippen LogP contribution is 2.02. The molecule has 0 unspecified atom stereocenters. The SMILES string of the molecule is CN=C(NCCCCSC)NCC(C)(C)NS(C)(=O)=O.I. The topological polar surface area (TPSA) is 82.6 Å². The third-order valence-corrected chi connectivity index (χ3v) is 4.07. The highest BCUT2D eigenvalue weighted by Gasteiger charge is 2.22. The Kier molecular flexibility index (Phi) is 13.2. The number of hydrogen-bond acceptors (Lipinski definition) is 4. The summed E-state index contributed by atoms with van der Waals surface area (Å²) in [7, 11) is -1.51. The summed E-state index contributed by atoms with van der Waals surface area (Å²) >= 11 is 1.85. The quantitative estimate of drug-likeness (QED) is 0.212. The van der Waals surface area contributed by atoms with Gasteiger partial charge in [0.2, 0.25) is 10.0 Å². The maximum absolute atomic E-state index is 11.2. The van der Waals surface area contributed by atoms with Gasteiger partial charge in [-0.3, -0.25) is 4.99 Å². The van der Waals surface area contributed by atoms with Crippen LogP contribution in [0.25, 0.3) is 0 Å². The molecule has 128 valence electrons. The molecule has 0 rings (SSSR count). The van der Waals surface area contributed by atoms with Crippen LogP contribution in [0.5, 0.6) is 0 Å². The molecule has 0 aliphatic carbocycles. The van der Waals surface area contributed by atoms with Gasteiger partial charge in [0, 0.05) is 25.7 Å². The Balaban J connectivity index is 0. The largest absolute Gasteiger partial charge is 0.356 e. The summed E-state index contributed by atoms with van der Waals surface area (Å²) in [4.78, 5) is 4.12. The zero-order valence-corrected chi connectivity index (χ0v) is 17.5. The molecule has 0 heterocycles. The fraction of sp³-hybridized carbons (Fsp3) is 0.917. The van der Waals surface area contributed by atoms with Gasteiger partial charge in [-0.25, -0.2) is 13.1 Å². The molecule has 0 aromatic rings. The van der Waals surface area contributed by atoms with Crippen molar-refractivity contribution < 1.29 is 8.42 Å². The van der Waals surface area contributed by atoms with Crippen LogP contribution in [-0.2, 0) is 10.0 Å². The Morgan fingerprint density at radius 2 is 1.86 bits per heavy atom. The number of rotatable bonds is 9. The number of nitrogens with zero attached hydrogens (tertiary/aromatic N) is 1. The van der Waals surface area contributed by atoms with Gasteiger partial charge >= 0.3 is 0 Å². The highest BCUT2D eigenvalue weighted by atomic mass is 127. The van der Waals surface area contributed by atoms with Gasteiger partial charge in [-0.1, -0.05) is 0 Å². The van der Waals surface area contributed by atoms with E-state index in [1.807, 2.05) is 25.6 Å². The second-order valence-electron chi connectivity index (χ2n) is 5.31. The molecule has 21 heavy (non-hydrogen) atoms. The molecular formula is C12H29IN4O2S2. The lowest BCUT2D eigenvalue weighted by atomic mass is 10.1. The van der Waals surface area contributed by atoms with Crippen molar-refractivity contribution in [2.45, 2.75) is 32.2 Å². The number of nitrogens with one attached hydrogen (secondary N) is 3. The zero-order chi connectivity index (χ0) is 15.6. The average Bonchev–Trinajstić information content (AvgIpc) is 2.29. The highest BCUT2D eigenvalue weighted by molar-refractivity contribution is 14.0. The summed E-state index contributed by atoms with van der Waals surface area (Å²) in [6, 6.07) is 0. The van der Waals surface area contributed by atoms with E-state index in [9.17, 15) is 8.42 Å². The number of hydrogen-bond donors (Lipinski definition) is 3. The van der Waals surface area contributed by atoms with E-state index in [0.29, 0.717) is 12.5 Å². The molecule has 9 heteroatoms. The monoisotopic (exact) mass is 452 g/mol. The molecule has 0 saturated carbocycles. The number of guanidine groups is 1. The molecule has 0 spiro atoms. The second-order valence-corrected chi connectivity index (χ2v) is 8.04. The van der Waals surface area contributed by atoms with Gasteiger partial charge < -0.3 is 10.6 Å². The summed E-state index contributed by atoms with van der Waals surface area (Å²) in [6.45, 7) is 4.98. The van der Waals surface area contributed by atoms with E-state index in [1.165, 1.54) is 12.2 Å². The van der Waals surface area contributed by atoms with Crippen molar-refractivity contribution >= 4 is 51.7 Å². The maximum Gasteiger partial charge on any atom is 0.209 e. The lowest BCUT2D eigenvalue weighted by Crippen LogP contribution is -2.53. The van der Waals surface area contributed by atoms with Gasteiger partial charge in [-0.2, -0.15) is 11.8 Å². The molecular weight excluding hydrogens is 423 g/mol. The van der Waals surface area contributed by atoms with Crippen molar-refractivity contribution in [3.8, 4) is 0 Å². The first-order valence-electron chi connectivity index (χ1n) is 6.62. The zero-order valence-electron chi connectivity index (χ0n) is 13.5. The Labute approximate surface area is 150 Å². The van der Waals surface area contributed by atoms with Crippen molar-refractivity contribution in [3.05, 3.63) is 0 Å². The average molecular weight is 452 g/mol. The van der Waals surface area contributed by atoms with Crippen LogP contribution in [0.1, 0.15) is 26.7 Å². The predicted molar refractivity (Wildman–Crippen MR) is 104 cm³/mol. The van der Waals surface area contributed by atoms with E-state index in [2.05, 4.69) is 26.6 Å². The number of thioether (sulfide) groups is 1. The Morgan fingerprint density at radius 1 is 1.24 bits per heavy atom. The van der Waals surface area contributed by atoms with Crippen LogP contribution in [0, 0.1) is 0 Å². The van der Waals surface area contributed by atoms with E-state index in [4.69, 9.17) is 0 Å². The molecule has 0 radical (unpaired) electrons. The lowest BCUT2D eigenvalue weighted by Gasteiger charge is -2.26. The van der Waals surface area contributed by atoms with Crippen LogP contribution in [0.4, 0.5) is 0 Å². The normalized spacial score (nSPS) is 12.7. The van der Waals surface area contributed by atoms with E-state index in [1.54, 1.807) is 7.05 Å². The predicted octanol–water partition coefficient (Wildman–Crippen LogP) is 1.24. The van der Waals surface area contributed by atoms with Crippen molar-refractivity contribution in [2.24, 2.45) is 4.99 Å². The first-order chi connectivity index (χ1) is 9.20. The van der Waals surface area contributed by atoms with Gasteiger partial charge in [-0.15, -0.1) is 24.0 Å². The minimum absolute atomic E-state index is 0. The van der Waals surface area contributed by atoms with E-state index in [-0.39, 0.29) is 24.0 Å². The van der Waals surface area contributed by atoms with Crippen molar-refractivity contribution in [2.75, 3.05) is 38.4 Å². The van der Waals surface area contributed by atoms with Gasteiger partial charge in [0.25, 0.3) is 0 Å². The fourth-order valence-electron chi connectivity index (χ4n) is 1.64. The molecule has 0 aromatic heterocycles. The van der Waals surface area contributed by atoms with Crippen LogP contribution >= 0.6 is 35.7 Å². The van der Waals surface area contributed by atoms with Gasteiger partial charge in [-0.05, 0) is 38.7 Å². The second kappa shape index (κ2) is 11.8. The van der Waals surface area contributed by atoms with Crippen molar-refractivity contribution in [1.82, 2.24) is 15.4 Å². The molecule has 3 N–H and O–H groups in total. The van der Waals surface area contributed by atoms with Crippen LogP contribution < -0.4 is 15.4 Å². The van der Waals surface area contributed by atoms with E-state index in [0.717, 1.165) is 19.2 Å². The number of sulfonamides is 1. The lowest BCUT2D eigenvalue weighted by molar-refractivity contribution is 0.446. The minimum Gasteiger partial charge on any atom is -0.356 e. The first-order valence-corrected chi connectivity index (χ1v) is 9.91. The number of halogens is 1. The Hall–Kier alpha value is 0.260. The summed E-state index contributed by atoms with van der Waals surface area (Å²) < 4.78 is 25.1. The van der Waals surface area contributed by atoms with Crippen molar-refractivity contribution in [3.63, 3.8) is 0 Å². The van der Waals surface area contributed by atoms with E-state index < -0.39 is 15.6 Å². The third kappa shape index (κ3) is 14.9. The fourth-order valence-corrected chi connectivity index (χ4v) is 3.21. The van der Waals surface area contributed by atoms with Crippen LogP contribution in [-0.4, -0.2) is 58.3 Å². The summed E-state index contributed by atoms with van der Waals surface area (Å²) in [5.74, 6) is 1.86. The van der Waals surface area contributed by atoms with Gasteiger partial charge in [0.15, 0.2) is 5.96 Å². The Morgan fingerprint density at radius 3 is 2.33 bits per heavy atom. The standard InChI is InChI=1S/C12H28N4O2S2.HI/c1-12(2,16-20(5,17)18)10-15-11(13-3)14-8-6-7-9-19-4;/h16H,6-10H2,1-5H3,(H2,13,14,15);1H. The minimum atomic E-state index is -3.22. The van der Waals surface area contributed by atoms with Gasteiger partial charge in [0.1, 0.15) is 0 Å². The van der Waals surface area contributed by atoms with E-state index >= 15 is 0 Å². The van der Waals surface area contributed by atoms with Crippen LogP contribution in [0.15, 0.2) is 4.99 Å². The molecule has 0 fully saturated rings. The summed E-state index contributed by atoms with van der Waals surface area (Å²) in [6.07, 6.45) is 5.52. The molecule has 0 aliphatic rings. The molecule has 0 atom stereocenters. The van der Waals surface area contributed by atoms with Crippen LogP contribution in [0.3, 0.4) is 0 Å². The number of unbranched alkanes of at least 4 members (excludes halogenated alkanes) is 1.